The van der Waals surface area contributed by atoms with Gasteiger partial charge in [-0.05, 0) is 42.1 Å². The highest BCUT2D eigenvalue weighted by Crippen LogP contribution is 2.36. The van der Waals surface area contributed by atoms with Crippen molar-refractivity contribution in [2.75, 3.05) is 12.0 Å². The number of carbonyl (C=O) groups is 2. The summed E-state index contributed by atoms with van der Waals surface area (Å²) in [5.41, 5.74) is 1.39. The van der Waals surface area contributed by atoms with Crippen molar-refractivity contribution < 1.29 is 14.3 Å². The fourth-order valence-corrected chi connectivity index (χ4v) is 4.41. The lowest BCUT2D eigenvalue weighted by molar-refractivity contribution is -0.123. The summed E-state index contributed by atoms with van der Waals surface area (Å²) in [6, 6.07) is 15.7. The van der Waals surface area contributed by atoms with Crippen LogP contribution in [0.1, 0.15) is 47.8 Å². The molecule has 1 heterocycles. The molecule has 1 atom stereocenters. The Balaban J connectivity index is 1.82. The van der Waals surface area contributed by atoms with E-state index in [0.717, 1.165) is 37.2 Å². The van der Waals surface area contributed by atoms with Crippen molar-refractivity contribution in [3.05, 3.63) is 71.2 Å². The minimum atomic E-state index is -0.882. The molecule has 1 saturated carbocycles. The molecule has 1 aliphatic carbocycles. The van der Waals surface area contributed by atoms with Gasteiger partial charge in [0, 0.05) is 11.4 Å². The second-order valence-corrected chi connectivity index (χ2v) is 8.05. The van der Waals surface area contributed by atoms with Crippen LogP contribution in [0.2, 0.25) is 0 Å². The summed E-state index contributed by atoms with van der Waals surface area (Å²) >= 11 is 1.09. The number of nitrogens with zero attached hydrogens (tertiary/aromatic N) is 3. The number of aromatic nitrogens is 2. The summed E-state index contributed by atoms with van der Waals surface area (Å²) in [6.07, 6.45) is 4.10. The standard InChI is InChI=1S/C23H24N4O3S/c1-30-20-14-8-7-13-19(20)27(23(29)18-15-31-26-25-18)21(16-9-3-2-4-10-16)22(28)24-17-11-5-6-12-17/h2-4,7-10,13-15,17,21H,5-6,11-12H2,1H3,(H,24,28)/t21-/m1/s1. The van der Waals surface area contributed by atoms with E-state index in [1.54, 1.807) is 24.6 Å². The molecule has 1 aliphatic rings. The van der Waals surface area contributed by atoms with Gasteiger partial charge in [-0.15, -0.1) is 5.10 Å². The van der Waals surface area contributed by atoms with Crippen molar-refractivity contribution in [1.82, 2.24) is 14.9 Å². The Bertz CT molecular complexity index is 1020. The summed E-state index contributed by atoms with van der Waals surface area (Å²) in [6.45, 7) is 0. The van der Waals surface area contributed by atoms with Crippen LogP contribution < -0.4 is 15.0 Å². The number of anilines is 1. The largest absolute Gasteiger partial charge is 0.495 e. The van der Waals surface area contributed by atoms with E-state index in [0.29, 0.717) is 17.0 Å². The van der Waals surface area contributed by atoms with Crippen LogP contribution in [0.25, 0.3) is 0 Å². The summed E-state index contributed by atoms with van der Waals surface area (Å²) in [7, 11) is 1.54. The number of carbonyl (C=O) groups excluding carboxylic acids is 2. The molecule has 0 spiro atoms. The third-order valence-corrected chi connectivity index (χ3v) is 5.97. The van der Waals surface area contributed by atoms with E-state index in [1.165, 1.54) is 4.90 Å². The number of rotatable bonds is 7. The van der Waals surface area contributed by atoms with Gasteiger partial charge in [0.2, 0.25) is 5.91 Å². The minimum absolute atomic E-state index is 0.120. The first-order chi connectivity index (χ1) is 15.2. The number of methoxy groups -OCH3 is 1. The smallest absolute Gasteiger partial charge is 0.280 e. The van der Waals surface area contributed by atoms with Crippen LogP contribution in [0, 0.1) is 0 Å². The third kappa shape index (κ3) is 4.59. The van der Waals surface area contributed by atoms with E-state index in [4.69, 9.17) is 4.74 Å². The van der Waals surface area contributed by atoms with Crippen LogP contribution in [-0.2, 0) is 4.79 Å². The first-order valence-corrected chi connectivity index (χ1v) is 11.1. The molecule has 8 heteroatoms. The predicted octanol–water partition coefficient (Wildman–Crippen LogP) is 3.99. The van der Waals surface area contributed by atoms with Gasteiger partial charge in [0.25, 0.3) is 5.91 Å². The fraction of sp³-hybridized carbons (Fsp3) is 0.304. The zero-order valence-electron chi connectivity index (χ0n) is 17.2. The third-order valence-electron chi connectivity index (χ3n) is 5.47. The molecule has 0 aliphatic heterocycles. The van der Waals surface area contributed by atoms with Crippen molar-refractivity contribution in [3.63, 3.8) is 0 Å². The molecule has 160 valence electrons. The summed E-state index contributed by atoms with van der Waals surface area (Å²) in [5, 5.41) is 8.70. The SMILES string of the molecule is COc1ccccc1N(C(=O)c1csnn1)[C@@H](C(=O)NC1CCCC1)c1ccccc1. The minimum Gasteiger partial charge on any atom is -0.495 e. The van der Waals surface area contributed by atoms with Gasteiger partial charge in [0.1, 0.15) is 11.8 Å². The Morgan fingerprint density at radius 1 is 1.10 bits per heavy atom. The molecular formula is C23H24N4O3S. The lowest BCUT2D eigenvalue weighted by atomic mass is 10.0. The molecule has 1 aromatic heterocycles. The van der Waals surface area contributed by atoms with E-state index >= 15 is 0 Å². The zero-order valence-corrected chi connectivity index (χ0v) is 18.0. The van der Waals surface area contributed by atoms with Gasteiger partial charge in [-0.2, -0.15) is 0 Å². The Kier molecular flexibility index (Phi) is 6.57. The van der Waals surface area contributed by atoms with Crippen LogP contribution in [0.4, 0.5) is 5.69 Å². The van der Waals surface area contributed by atoms with Crippen LogP contribution in [-0.4, -0.2) is 34.6 Å². The average molecular weight is 437 g/mol. The first kappa shape index (κ1) is 21.0. The fourth-order valence-electron chi connectivity index (χ4n) is 3.98. The van der Waals surface area contributed by atoms with E-state index in [2.05, 4.69) is 14.9 Å². The van der Waals surface area contributed by atoms with Crippen molar-refractivity contribution in [1.29, 1.82) is 0 Å². The Labute approximate surface area is 185 Å². The van der Waals surface area contributed by atoms with Gasteiger partial charge in [0.15, 0.2) is 5.69 Å². The van der Waals surface area contributed by atoms with Crippen molar-refractivity contribution in [2.45, 2.75) is 37.8 Å². The maximum atomic E-state index is 13.6. The maximum Gasteiger partial charge on any atom is 0.280 e. The van der Waals surface area contributed by atoms with E-state index < -0.39 is 11.9 Å². The summed E-state index contributed by atoms with van der Waals surface area (Å²) in [4.78, 5) is 28.7. The highest BCUT2D eigenvalue weighted by molar-refractivity contribution is 7.03. The van der Waals surface area contributed by atoms with Crippen molar-refractivity contribution in [3.8, 4) is 5.75 Å². The number of amides is 2. The molecule has 1 fully saturated rings. The lowest BCUT2D eigenvalue weighted by Gasteiger charge is -2.32. The zero-order chi connectivity index (χ0) is 21.6. The molecule has 0 unspecified atom stereocenters. The van der Waals surface area contributed by atoms with Gasteiger partial charge in [-0.1, -0.05) is 59.8 Å². The number of ether oxygens (including phenoxy) is 1. The molecule has 31 heavy (non-hydrogen) atoms. The van der Waals surface area contributed by atoms with Crippen molar-refractivity contribution in [2.24, 2.45) is 0 Å². The molecule has 0 radical (unpaired) electrons. The molecule has 7 nitrogen and oxygen atoms in total. The normalized spacial score (nSPS) is 14.7. The molecule has 3 aromatic rings. The molecule has 4 rings (SSSR count). The number of benzene rings is 2. The van der Waals surface area contributed by atoms with Crippen LogP contribution in [0.5, 0.6) is 5.75 Å². The second kappa shape index (κ2) is 9.70. The molecule has 1 N–H and O–H groups in total. The lowest BCUT2D eigenvalue weighted by Crippen LogP contribution is -2.46. The number of para-hydroxylation sites is 2. The van der Waals surface area contributed by atoms with Gasteiger partial charge < -0.3 is 10.1 Å². The molecular weight excluding hydrogens is 412 g/mol. The van der Waals surface area contributed by atoms with Crippen LogP contribution in [0.3, 0.4) is 0 Å². The Morgan fingerprint density at radius 2 is 1.81 bits per heavy atom. The average Bonchev–Trinajstić information content (AvgIpc) is 3.52. The van der Waals surface area contributed by atoms with Gasteiger partial charge >= 0.3 is 0 Å². The Morgan fingerprint density at radius 3 is 2.48 bits per heavy atom. The summed E-state index contributed by atoms with van der Waals surface area (Å²) in [5.74, 6) is -0.136. The van der Waals surface area contributed by atoms with E-state index in [-0.39, 0.29) is 17.6 Å². The van der Waals surface area contributed by atoms with E-state index in [9.17, 15) is 9.59 Å². The van der Waals surface area contributed by atoms with Gasteiger partial charge in [-0.25, -0.2) is 0 Å². The monoisotopic (exact) mass is 436 g/mol. The number of hydrogen-bond acceptors (Lipinski definition) is 6. The quantitative estimate of drug-likeness (QED) is 0.605. The van der Waals surface area contributed by atoms with Crippen LogP contribution >= 0.6 is 11.5 Å². The Hall–Kier alpha value is -3.26. The molecule has 2 aromatic carbocycles. The number of hydrogen-bond donors (Lipinski definition) is 1. The van der Waals surface area contributed by atoms with Gasteiger partial charge in [-0.3, -0.25) is 14.5 Å². The highest BCUT2D eigenvalue weighted by atomic mass is 32.1. The first-order valence-electron chi connectivity index (χ1n) is 10.3. The maximum absolute atomic E-state index is 13.6. The van der Waals surface area contributed by atoms with E-state index in [1.807, 2.05) is 42.5 Å². The topological polar surface area (TPSA) is 84.4 Å². The summed E-state index contributed by atoms with van der Waals surface area (Å²) < 4.78 is 9.37. The van der Waals surface area contributed by atoms with Crippen molar-refractivity contribution >= 4 is 29.0 Å². The highest BCUT2D eigenvalue weighted by Gasteiger charge is 2.36. The molecule has 2 amide bonds. The molecule has 0 saturated heterocycles. The second-order valence-electron chi connectivity index (χ2n) is 7.44. The van der Waals surface area contributed by atoms with Gasteiger partial charge in [0.05, 0.1) is 12.8 Å². The predicted molar refractivity (Wildman–Crippen MR) is 119 cm³/mol. The number of nitrogens with one attached hydrogen (secondary N) is 1. The molecule has 0 bridgehead atoms. The van der Waals surface area contributed by atoms with Crippen LogP contribution in [0.15, 0.2) is 60.0 Å².